The van der Waals surface area contributed by atoms with Crippen LogP contribution in [0.5, 0.6) is 0 Å². The molecular formula is C8H11ClN2S2. The summed E-state index contributed by atoms with van der Waals surface area (Å²) >= 11 is 15.1. The smallest absolute Gasteiger partial charge is 0.0406 e. The monoisotopic (exact) mass is 234 g/mol. The van der Waals surface area contributed by atoms with Crippen molar-refractivity contribution in [3.05, 3.63) is 34.9 Å². The third-order valence-corrected chi connectivity index (χ3v) is 1.89. The summed E-state index contributed by atoms with van der Waals surface area (Å²) in [4.78, 5) is 0. The molecule has 13 heavy (non-hydrogen) atoms. The minimum absolute atomic E-state index is 0. The fraction of sp³-hybridized carbons (Fsp3) is 0.125. The summed E-state index contributed by atoms with van der Waals surface area (Å²) in [5, 5.41) is 3.62. The molecule has 0 fully saturated rings. The van der Waals surface area contributed by atoms with Crippen LogP contribution in [0.1, 0.15) is 5.56 Å². The molecule has 0 saturated carbocycles. The van der Waals surface area contributed by atoms with E-state index in [9.17, 15) is 0 Å². The zero-order valence-corrected chi connectivity index (χ0v) is 9.60. The molecule has 5 heteroatoms. The molecule has 1 rings (SSSR count). The molecule has 1 aromatic rings. The molecule has 0 bridgehead atoms. The molecule has 0 aliphatic rings. The van der Waals surface area contributed by atoms with Gasteiger partial charge < -0.3 is 36.3 Å². The van der Waals surface area contributed by atoms with E-state index in [1.54, 1.807) is 0 Å². The highest BCUT2D eigenvalue weighted by Crippen LogP contribution is 2.08. The van der Waals surface area contributed by atoms with Crippen molar-refractivity contribution in [1.29, 1.82) is 0 Å². The summed E-state index contributed by atoms with van der Waals surface area (Å²) in [5.41, 5.74) is 1.12. The van der Waals surface area contributed by atoms with Crippen LogP contribution in [-0.2, 0) is 19.2 Å². The molecule has 0 unspecified atom stereocenters. The van der Waals surface area contributed by atoms with E-state index in [4.69, 9.17) is 36.4 Å². The van der Waals surface area contributed by atoms with Crippen LogP contribution in [0.25, 0.3) is 0 Å². The molecule has 5 N–H and O–H groups in total. The molecule has 0 aliphatic carbocycles. The number of nitrogens with one attached hydrogen (secondary N) is 1. The van der Waals surface area contributed by atoms with Gasteiger partial charge in [-0.05, 0) is 17.7 Å². The van der Waals surface area contributed by atoms with E-state index in [-0.39, 0.29) is 6.15 Å². The molecule has 72 valence electrons. The highest BCUT2D eigenvalue weighted by Gasteiger charge is 1.90. The molecule has 1 aromatic carbocycles. The number of rotatable bonds is 2. The maximum atomic E-state index is 5.71. The number of halogens is 1. The quantitative estimate of drug-likeness (QED) is 0.611. The predicted molar refractivity (Wildman–Crippen MR) is 64.2 cm³/mol. The Labute approximate surface area is 93.7 Å². The molecule has 0 saturated heterocycles. The minimum atomic E-state index is 0. The number of thiocarbonyl (C=S) groups is 1. The van der Waals surface area contributed by atoms with Crippen LogP contribution in [0.2, 0.25) is 5.02 Å². The Balaban J connectivity index is 0.00000144. The summed E-state index contributed by atoms with van der Waals surface area (Å²) in [6, 6.07) is 7.54. The Morgan fingerprint density at radius 2 is 1.92 bits per heavy atom. The van der Waals surface area contributed by atoms with E-state index < -0.39 is 0 Å². The third kappa shape index (κ3) is 5.00. The zero-order chi connectivity index (χ0) is 8.97. The molecule has 0 heterocycles. The first-order chi connectivity index (χ1) is 5.68. The summed E-state index contributed by atoms with van der Waals surface area (Å²) < 4.78 is 0.393. The van der Waals surface area contributed by atoms with Crippen molar-refractivity contribution in [2.24, 2.45) is 0 Å². The van der Waals surface area contributed by atoms with Crippen LogP contribution < -0.4 is 11.5 Å². The number of hydrogen-bond donors (Lipinski definition) is 2. The van der Waals surface area contributed by atoms with Crippen LogP contribution in [0.4, 0.5) is 0 Å². The lowest BCUT2D eigenvalue weighted by Gasteiger charge is -2.08. The summed E-state index contributed by atoms with van der Waals surface area (Å²) in [7, 11) is 0. The van der Waals surface area contributed by atoms with Crippen molar-refractivity contribution >= 4 is 40.8 Å². The van der Waals surface area contributed by atoms with Gasteiger partial charge in [0.2, 0.25) is 0 Å². The fourth-order valence-electron chi connectivity index (χ4n) is 0.776. The average molecular weight is 235 g/mol. The molecule has 0 amide bonds. The van der Waals surface area contributed by atoms with E-state index in [0.717, 1.165) is 10.6 Å². The van der Waals surface area contributed by atoms with Crippen molar-refractivity contribution in [2.45, 2.75) is 6.54 Å². The minimum Gasteiger partial charge on any atom is -0.412 e. The highest BCUT2D eigenvalue weighted by molar-refractivity contribution is 8.00. The Hall–Kier alpha value is -0.420. The summed E-state index contributed by atoms with van der Waals surface area (Å²) in [6.07, 6.45) is 0. The van der Waals surface area contributed by atoms with Crippen LogP contribution in [-0.4, -0.2) is 4.32 Å². The first-order valence-corrected chi connectivity index (χ1v) is 4.57. The van der Waals surface area contributed by atoms with Gasteiger partial charge in [0.15, 0.2) is 0 Å². The second-order valence-electron chi connectivity index (χ2n) is 2.27. The number of benzene rings is 1. The van der Waals surface area contributed by atoms with Crippen LogP contribution in [0.15, 0.2) is 24.3 Å². The Morgan fingerprint density at radius 3 is 2.38 bits per heavy atom. The van der Waals surface area contributed by atoms with Gasteiger partial charge in [-0.25, -0.2) is 0 Å². The van der Waals surface area contributed by atoms with Crippen LogP contribution >= 0.6 is 23.8 Å². The molecule has 0 atom stereocenters. The maximum absolute atomic E-state index is 5.71. The maximum Gasteiger partial charge on any atom is 0.0406 e. The van der Waals surface area contributed by atoms with Gasteiger partial charge in [0, 0.05) is 11.6 Å². The second-order valence-corrected chi connectivity index (χ2v) is 3.78. The lowest BCUT2D eigenvalue weighted by atomic mass is 10.2. The van der Waals surface area contributed by atoms with Gasteiger partial charge in [-0.2, -0.15) is 0 Å². The standard InChI is InChI=1S/C8H8ClNS2.H3N/c9-7-3-1-6(2-4-7)5-10-8(11)12;/h1-4H,5H2,(H2,10,11,12);1H3. The number of quaternary nitrogens is 1. The van der Waals surface area contributed by atoms with Crippen molar-refractivity contribution < 1.29 is 0 Å². The van der Waals surface area contributed by atoms with Gasteiger partial charge in [0.05, 0.1) is 0 Å². The average Bonchev–Trinajstić information content (AvgIpc) is 2.03. The van der Waals surface area contributed by atoms with E-state index in [2.05, 4.69) is 5.32 Å². The van der Waals surface area contributed by atoms with Crippen molar-refractivity contribution in [3.63, 3.8) is 0 Å². The van der Waals surface area contributed by atoms with Gasteiger partial charge in [-0.3, -0.25) is 0 Å². The Kier molecular flexibility index (Phi) is 5.90. The molecule has 0 radical (unpaired) electrons. The van der Waals surface area contributed by atoms with E-state index in [1.165, 1.54) is 0 Å². The Bertz CT molecular complexity index is 274. The normalized spacial score (nSPS) is 8.69. The van der Waals surface area contributed by atoms with E-state index >= 15 is 0 Å². The predicted octanol–water partition coefficient (Wildman–Crippen LogP) is 2.64. The summed E-state index contributed by atoms with van der Waals surface area (Å²) in [5.74, 6) is 0. The van der Waals surface area contributed by atoms with E-state index in [0.29, 0.717) is 10.9 Å². The summed E-state index contributed by atoms with van der Waals surface area (Å²) in [6.45, 7) is 0.666. The SMILES string of the molecule is S=C([S-])NCc1ccc(Cl)cc1.[NH4+]. The molecule has 0 spiro atoms. The molecule has 0 aromatic heterocycles. The van der Waals surface area contributed by atoms with Gasteiger partial charge in [-0.15, -0.1) is 0 Å². The number of hydrogen-bond acceptors (Lipinski definition) is 2. The molecule has 0 aliphatic heterocycles. The first-order valence-electron chi connectivity index (χ1n) is 3.38. The fourth-order valence-corrected chi connectivity index (χ4v) is 1.05. The van der Waals surface area contributed by atoms with E-state index in [1.807, 2.05) is 24.3 Å². The largest absolute Gasteiger partial charge is 0.412 e. The molecule has 2 nitrogen and oxygen atoms in total. The topological polar surface area (TPSA) is 48.5 Å². The van der Waals surface area contributed by atoms with Crippen LogP contribution in [0, 0.1) is 0 Å². The van der Waals surface area contributed by atoms with Gasteiger partial charge in [0.25, 0.3) is 0 Å². The molecular weight excluding hydrogens is 224 g/mol. The van der Waals surface area contributed by atoms with Gasteiger partial charge >= 0.3 is 0 Å². The lowest BCUT2D eigenvalue weighted by molar-refractivity contribution is 0.940. The van der Waals surface area contributed by atoms with Crippen LogP contribution in [0.3, 0.4) is 0 Å². The van der Waals surface area contributed by atoms with Crippen molar-refractivity contribution in [2.75, 3.05) is 0 Å². The van der Waals surface area contributed by atoms with Gasteiger partial charge in [-0.1, -0.05) is 28.1 Å². The second kappa shape index (κ2) is 6.10. The van der Waals surface area contributed by atoms with Gasteiger partial charge in [0.1, 0.15) is 0 Å². The van der Waals surface area contributed by atoms with Crippen molar-refractivity contribution in [1.82, 2.24) is 11.5 Å². The lowest BCUT2D eigenvalue weighted by Crippen LogP contribution is -2.17. The highest BCUT2D eigenvalue weighted by atomic mass is 35.5. The van der Waals surface area contributed by atoms with Crippen molar-refractivity contribution in [3.8, 4) is 0 Å². The third-order valence-electron chi connectivity index (χ3n) is 1.35. The Morgan fingerprint density at radius 1 is 1.38 bits per heavy atom. The first kappa shape index (κ1) is 12.6. The zero-order valence-electron chi connectivity index (χ0n) is 7.21.